The summed E-state index contributed by atoms with van der Waals surface area (Å²) in [6, 6.07) is 7.41. The quantitative estimate of drug-likeness (QED) is 0.947. The molecule has 0 aliphatic rings. The van der Waals surface area contributed by atoms with E-state index in [-0.39, 0.29) is 0 Å². The number of methoxy groups -OCH3 is 1. The van der Waals surface area contributed by atoms with Crippen molar-refractivity contribution < 1.29 is 9.84 Å². The fourth-order valence-electron chi connectivity index (χ4n) is 1.45. The zero-order valence-corrected chi connectivity index (χ0v) is 11.0. The molecule has 5 heteroatoms. The van der Waals surface area contributed by atoms with Crippen LogP contribution in [-0.2, 0) is 0 Å². The Kier molecular flexibility index (Phi) is 3.58. The van der Waals surface area contributed by atoms with E-state index in [1.54, 1.807) is 12.6 Å². The minimum atomic E-state index is -0.710. The fourth-order valence-corrected chi connectivity index (χ4v) is 2.87. The van der Waals surface area contributed by atoms with E-state index in [4.69, 9.17) is 4.74 Å². The first-order valence-corrected chi connectivity index (χ1v) is 6.31. The predicted molar refractivity (Wildman–Crippen MR) is 66.9 cm³/mol. The van der Waals surface area contributed by atoms with E-state index in [0.29, 0.717) is 10.4 Å². The molecule has 0 saturated heterocycles. The van der Waals surface area contributed by atoms with E-state index in [2.05, 4.69) is 20.9 Å². The van der Waals surface area contributed by atoms with Crippen LogP contribution in [0.5, 0.6) is 5.75 Å². The molecular formula is C11H10BrNO2S. The van der Waals surface area contributed by atoms with E-state index in [1.165, 1.54) is 11.3 Å². The Bertz CT molecular complexity index is 486. The molecule has 0 aliphatic carbocycles. The lowest BCUT2D eigenvalue weighted by Gasteiger charge is -2.13. The van der Waals surface area contributed by atoms with Crippen LogP contribution in [0.25, 0.3) is 0 Å². The van der Waals surface area contributed by atoms with Gasteiger partial charge in [0.2, 0.25) is 0 Å². The first-order chi connectivity index (χ1) is 7.74. The highest BCUT2D eigenvalue weighted by atomic mass is 79.9. The smallest absolute Gasteiger partial charge is 0.125 e. The maximum Gasteiger partial charge on any atom is 0.125 e. The molecule has 1 aromatic heterocycles. The van der Waals surface area contributed by atoms with E-state index in [1.807, 2.05) is 24.3 Å². The number of aliphatic hydroxyl groups is 1. The van der Waals surface area contributed by atoms with E-state index >= 15 is 0 Å². The van der Waals surface area contributed by atoms with Crippen LogP contribution in [0.2, 0.25) is 0 Å². The number of benzene rings is 1. The summed E-state index contributed by atoms with van der Waals surface area (Å²) in [4.78, 5) is 4.84. The van der Waals surface area contributed by atoms with Gasteiger partial charge in [-0.15, -0.1) is 11.3 Å². The topological polar surface area (TPSA) is 42.4 Å². The summed E-state index contributed by atoms with van der Waals surface area (Å²) < 4.78 is 5.89. The second-order valence-corrected chi connectivity index (χ2v) is 4.79. The molecule has 0 aliphatic heterocycles. The number of hydrogen-bond acceptors (Lipinski definition) is 4. The van der Waals surface area contributed by atoms with E-state index in [0.717, 1.165) is 10.4 Å². The molecule has 0 amide bonds. The average Bonchev–Trinajstić information content (AvgIpc) is 2.74. The molecule has 84 valence electrons. The Morgan fingerprint density at radius 3 is 2.81 bits per heavy atom. The molecule has 16 heavy (non-hydrogen) atoms. The minimum absolute atomic E-state index is 0.676. The van der Waals surface area contributed by atoms with Crippen LogP contribution in [0.4, 0.5) is 0 Å². The first-order valence-electron chi connectivity index (χ1n) is 4.64. The molecule has 0 radical (unpaired) electrons. The monoisotopic (exact) mass is 299 g/mol. The van der Waals surface area contributed by atoms with Crippen LogP contribution in [0.3, 0.4) is 0 Å². The van der Waals surface area contributed by atoms with Gasteiger partial charge in [0, 0.05) is 5.56 Å². The number of aromatic nitrogens is 1. The van der Waals surface area contributed by atoms with Crippen molar-refractivity contribution in [2.24, 2.45) is 0 Å². The van der Waals surface area contributed by atoms with Crippen molar-refractivity contribution in [3.63, 3.8) is 0 Å². The number of para-hydroxylation sites is 1. The second-order valence-electron chi connectivity index (χ2n) is 3.15. The standard InChI is InChI=1S/C11H10BrNO2S/c1-15-8-5-3-2-4-7(8)9(14)10-11(12)13-6-16-10/h2-6,9,14H,1H3. The van der Waals surface area contributed by atoms with Crippen molar-refractivity contribution in [2.45, 2.75) is 6.10 Å². The average molecular weight is 300 g/mol. The van der Waals surface area contributed by atoms with Crippen LogP contribution in [0.1, 0.15) is 16.5 Å². The summed E-state index contributed by atoms with van der Waals surface area (Å²) in [6.07, 6.45) is -0.710. The lowest BCUT2D eigenvalue weighted by Crippen LogP contribution is -2.01. The lowest BCUT2D eigenvalue weighted by atomic mass is 10.1. The molecule has 1 aromatic carbocycles. The van der Waals surface area contributed by atoms with Crippen LogP contribution in [0, 0.1) is 0 Å². The number of thiazole rings is 1. The van der Waals surface area contributed by atoms with E-state index in [9.17, 15) is 5.11 Å². The van der Waals surface area contributed by atoms with Gasteiger partial charge in [-0.05, 0) is 22.0 Å². The third-order valence-corrected chi connectivity index (χ3v) is 4.01. The van der Waals surface area contributed by atoms with Crippen molar-refractivity contribution >= 4 is 27.3 Å². The minimum Gasteiger partial charge on any atom is -0.496 e. The highest BCUT2D eigenvalue weighted by Gasteiger charge is 2.19. The summed E-state index contributed by atoms with van der Waals surface area (Å²) >= 11 is 4.72. The Morgan fingerprint density at radius 1 is 1.44 bits per heavy atom. The van der Waals surface area contributed by atoms with Crippen LogP contribution in [-0.4, -0.2) is 17.2 Å². The molecule has 1 unspecified atom stereocenters. The van der Waals surface area contributed by atoms with Crippen molar-refractivity contribution in [1.82, 2.24) is 4.98 Å². The Balaban J connectivity index is 2.41. The molecule has 1 atom stereocenters. The summed E-state index contributed by atoms with van der Waals surface area (Å²) in [5, 5.41) is 10.2. The van der Waals surface area contributed by atoms with Crippen molar-refractivity contribution in [3.05, 3.63) is 44.8 Å². The summed E-state index contributed by atoms with van der Waals surface area (Å²) in [7, 11) is 1.59. The molecular weight excluding hydrogens is 290 g/mol. The SMILES string of the molecule is COc1ccccc1C(O)c1scnc1Br. The zero-order valence-electron chi connectivity index (χ0n) is 8.55. The molecule has 2 rings (SSSR count). The van der Waals surface area contributed by atoms with Gasteiger partial charge in [-0.1, -0.05) is 18.2 Å². The number of rotatable bonds is 3. The summed E-state index contributed by atoms with van der Waals surface area (Å²) in [6.45, 7) is 0. The maximum atomic E-state index is 10.2. The van der Waals surface area contributed by atoms with Crippen LogP contribution >= 0.6 is 27.3 Å². The highest BCUT2D eigenvalue weighted by molar-refractivity contribution is 9.10. The molecule has 1 N–H and O–H groups in total. The predicted octanol–water partition coefficient (Wildman–Crippen LogP) is 3.00. The number of nitrogens with zero attached hydrogens (tertiary/aromatic N) is 1. The molecule has 0 spiro atoms. The van der Waals surface area contributed by atoms with Gasteiger partial charge >= 0.3 is 0 Å². The Hall–Kier alpha value is -0.910. The molecule has 3 nitrogen and oxygen atoms in total. The Morgan fingerprint density at radius 2 is 2.19 bits per heavy atom. The zero-order chi connectivity index (χ0) is 11.5. The maximum absolute atomic E-state index is 10.2. The third-order valence-electron chi connectivity index (χ3n) is 2.23. The molecule has 0 bridgehead atoms. The first kappa shape index (κ1) is 11.6. The molecule has 2 aromatic rings. The normalized spacial score (nSPS) is 12.4. The highest BCUT2D eigenvalue weighted by Crippen LogP contribution is 2.35. The van der Waals surface area contributed by atoms with Gasteiger partial charge < -0.3 is 9.84 Å². The Labute approximate surface area is 106 Å². The summed E-state index contributed by atoms with van der Waals surface area (Å²) in [5.74, 6) is 0.676. The number of halogens is 1. The van der Waals surface area contributed by atoms with Gasteiger partial charge in [0.1, 0.15) is 16.5 Å². The van der Waals surface area contributed by atoms with Crippen molar-refractivity contribution in [3.8, 4) is 5.75 Å². The molecule has 1 heterocycles. The largest absolute Gasteiger partial charge is 0.496 e. The van der Waals surface area contributed by atoms with Gasteiger partial charge in [-0.25, -0.2) is 4.98 Å². The second kappa shape index (κ2) is 4.95. The van der Waals surface area contributed by atoms with Crippen LogP contribution in [0.15, 0.2) is 34.4 Å². The lowest BCUT2D eigenvalue weighted by molar-refractivity contribution is 0.217. The van der Waals surface area contributed by atoms with Gasteiger partial charge in [-0.3, -0.25) is 0 Å². The van der Waals surface area contributed by atoms with Gasteiger partial charge in [0.15, 0.2) is 0 Å². The van der Waals surface area contributed by atoms with Gasteiger partial charge in [-0.2, -0.15) is 0 Å². The van der Waals surface area contributed by atoms with Gasteiger partial charge in [0.05, 0.1) is 17.5 Å². The van der Waals surface area contributed by atoms with Crippen molar-refractivity contribution in [2.75, 3.05) is 7.11 Å². The molecule has 0 saturated carbocycles. The van der Waals surface area contributed by atoms with Gasteiger partial charge in [0.25, 0.3) is 0 Å². The number of hydrogen-bond donors (Lipinski definition) is 1. The van der Waals surface area contributed by atoms with E-state index < -0.39 is 6.10 Å². The third kappa shape index (κ3) is 2.11. The molecule has 0 fully saturated rings. The number of aliphatic hydroxyl groups excluding tert-OH is 1. The fraction of sp³-hybridized carbons (Fsp3) is 0.182. The number of ether oxygens (including phenoxy) is 1. The van der Waals surface area contributed by atoms with Crippen LogP contribution < -0.4 is 4.74 Å². The summed E-state index contributed by atoms with van der Waals surface area (Å²) in [5.41, 5.74) is 2.44. The van der Waals surface area contributed by atoms with Crippen molar-refractivity contribution in [1.29, 1.82) is 0 Å².